The maximum Gasteiger partial charge on any atom is 0.250 e. The van der Waals surface area contributed by atoms with Gasteiger partial charge in [0, 0.05) is 23.0 Å². The molecule has 4 nitrogen and oxygen atoms in total. The van der Waals surface area contributed by atoms with E-state index in [0.29, 0.717) is 5.82 Å². The summed E-state index contributed by atoms with van der Waals surface area (Å²) in [6, 6.07) is 28.6. The van der Waals surface area contributed by atoms with Crippen LogP contribution in [0, 0.1) is 0 Å². The smallest absolute Gasteiger partial charge is 0.250 e. The van der Waals surface area contributed by atoms with Gasteiger partial charge in [0.1, 0.15) is 11.5 Å². The van der Waals surface area contributed by atoms with E-state index < -0.39 is 16.5 Å². The van der Waals surface area contributed by atoms with Gasteiger partial charge in [0.2, 0.25) is 8.32 Å². The van der Waals surface area contributed by atoms with Crippen LogP contribution in [0.1, 0.15) is 20.8 Å². The van der Waals surface area contributed by atoms with E-state index in [1.807, 2.05) is 60.7 Å². The zero-order valence-electron chi connectivity index (χ0n) is 20.4. The van der Waals surface area contributed by atoms with Gasteiger partial charge in [-0.25, -0.2) is 9.97 Å². The number of hydrogen-bond donors (Lipinski definition) is 0. The van der Waals surface area contributed by atoms with Gasteiger partial charge in [0.25, 0.3) is 0 Å². The highest BCUT2D eigenvalue weighted by Gasteiger charge is 2.39. The van der Waals surface area contributed by atoms with Crippen LogP contribution in [-0.4, -0.2) is 18.3 Å². The van der Waals surface area contributed by atoms with E-state index in [4.69, 9.17) is 8.95 Å². The molecule has 4 aromatic rings. The fraction of sp³-hybridized carbons (Fsp3) is 0.214. The maximum atomic E-state index is 6.77. The Bertz CT molecular complexity index is 1170. The van der Waals surface area contributed by atoms with E-state index in [2.05, 4.69) is 68.1 Å². The summed E-state index contributed by atoms with van der Waals surface area (Å²) in [6.07, 6.45) is 3.51. The van der Waals surface area contributed by atoms with Crippen molar-refractivity contribution in [2.75, 3.05) is 0 Å². The molecular formula is C28H31N2O2PSi. The Hall–Kier alpha value is -3.01. The van der Waals surface area contributed by atoms with Crippen LogP contribution in [0.25, 0.3) is 11.4 Å². The average Bonchev–Trinajstić information content (AvgIpc) is 2.84. The van der Waals surface area contributed by atoms with Gasteiger partial charge in [-0.3, -0.25) is 0 Å². The van der Waals surface area contributed by atoms with Gasteiger partial charge in [-0.15, -0.1) is 0 Å². The molecule has 0 atom stereocenters. The second-order valence-corrected chi connectivity index (χ2v) is 16.2. The summed E-state index contributed by atoms with van der Waals surface area (Å²) in [5.41, 5.74) is 0.830. The van der Waals surface area contributed by atoms with E-state index in [-0.39, 0.29) is 5.04 Å². The Balaban J connectivity index is 1.77. The summed E-state index contributed by atoms with van der Waals surface area (Å²) < 4.78 is 13.4. The summed E-state index contributed by atoms with van der Waals surface area (Å²) in [5.74, 6) is 2.19. The van der Waals surface area contributed by atoms with Gasteiger partial charge in [-0.1, -0.05) is 81.4 Å². The van der Waals surface area contributed by atoms with Crippen LogP contribution in [0.4, 0.5) is 0 Å². The highest BCUT2D eigenvalue weighted by atomic mass is 31.1. The second kappa shape index (κ2) is 10.1. The molecule has 34 heavy (non-hydrogen) atoms. The lowest BCUT2D eigenvalue weighted by Crippen LogP contribution is -2.43. The van der Waals surface area contributed by atoms with Gasteiger partial charge < -0.3 is 8.95 Å². The fourth-order valence-corrected chi connectivity index (χ4v) is 5.97. The van der Waals surface area contributed by atoms with Crippen LogP contribution < -0.4 is 19.6 Å². The lowest BCUT2D eigenvalue weighted by Gasteiger charge is -2.36. The minimum Gasteiger partial charge on any atom is -0.543 e. The molecule has 0 aliphatic heterocycles. The summed E-state index contributed by atoms with van der Waals surface area (Å²) >= 11 is 0. The molecule has 0 unspecified atom stereocenters. The lowest BCUT2D eigenvalue weighted by molar-refractivity contribution is 0.491. The molecule has 0 radical (unpaired) electrons. The molecule has 6 heteroatoms. The molecule has 0 bridgehead atoms. The third-order valence-corrected chi connectivity index (χ3v) is 12.4. The van der Waals surface area contributed by atoms with E-state index >= 15 is 0 Å². The molecule has 0 saturated heterocycles. The van der Waals surface area contributed by atoms with Gasteiger partial charge in [0.05, 0.1) is 5.56 Å². The van der Waals surface area contributed by atoms with Crippen LogP contribution in [0.2, 0.25) is 18.1 Å². The molecule has 3 aromatic carbocycles. The topological polar surface area (TPSA) is 44.2 Å². The van der Waals surface area contributed by atoms with Crippen LogP contribution in [-0.2, 0) is 0 Å². The molecule has 0 saturated carbocycles. The molecule has 0 amide bonds. The van der Waals surface area contributed by atoms with Crippen molar-refractivity contribution < 1.29 is 8.95 Å². The second-order valence-electron chi connectivity index (χ2n) is 9.65. The van der Waals surface area contributed by atoms with Gasteiger partial charge in [0.15, 0.2) is 14.0 Å². The first-order chi connectivity index (χ1) is 16.2. The summed E-state index contributed by atoms with van der Waals surface area (Å²) in [7, 11) is -3.08. The molecule has 1 aromatic heterocycles. The molecule has 0 fully saturated rings. The van der Waals surface area contributed by atoms with Crippen LogP contribution in [0.15, 0.2) is 97.3 Å². The maximum absolute atomic E-state index is 6.77. The number of nitrogens with zero attached hydrogens (tertiary/aromatic N) is 2. The van der Waals surface area contributed by atoms with E-state index in [9.17, 15) is 0 Å². The average molecular weight is 487 g/mol. The molecule has 0 spiro atoms. The van der Waals surface area contributed by atoms with E-state index in [1.54, 1.807) is 12.4 Å². The van der Waals surface area contributed by atoms with Crippen molar-refractivity contribution in [1.82, 2.24) is 9.97 Å². The molecule has 1 heterocycles. The largest absolute Gasteiger partial charge is 0.543 e. The van der Waals surface area contributed by atoms with Crippen molar-refractivity contribution in [2.24, 2.45) is 0 Å². The molecule has 0 aliphatic carbocycles. The Kier molecular flexibility index (Phi) is 7.15. The first-order valence-electron chi connectivity index (χ1n) is 11.4. The number of benzene rings is 3. The predicted octanol–water partition coefficient (Wildman–Crippen LogP) is 6.95. The standard InChI is InChI=1S/C28H31N2O2PSi/c1-28(2,3)34(4,5)32-22-17-18-26(25(21-22)27-29-19-12-20-30-27)31-33(23-13-8-6-9-14-23)24-15-10-7-11-16-24/h6-21H,1-5H3. The Morgan fingerprint density at radius 3 is 1.82 bits per heavy atom. The van der Waals surface area contributed by atoms with Crippen LogP contribution in [0.5, 0.6) is 11.5 Å². The minimum absolute atomic E-state index is 0.0977. The van der Waals surface area contributed by atoms with E-state index in [1.165, 1.54) is 0 Å². The highest BCUT2D eigenvalue weighted by molar-refractivity contribution is 7.68. The van der Waals surface area contributed by atoms with Crippen molar-refractivity contribution in [3.63, 3.8) is 0 Å². The van der Waals surface area contributed by atoms with Gasteiger partial charge in [-0.2, -0.15) is 0 Å². The van der Waals surface area contributed by atoms with Crippen molar-refractivity contribution in [3.8, 4) is 22.9 Å². The molecular weight excluding hydrogens is 455 g/mol. The number of aromatic nitrogens is 2. The highest BCUT2D eigenvalue weighted by Crippen LogP contribution is 2.43. The molecule has 174 valence electrons. The first kappa shape index (κ1) is 24.1. The van der Waals surface area contributed by atoms with E-state index in [0.717, 1.165) is 27.7 Å². The quantitative estimate of drug-likeness (QED) is 0.209. The molecule has 0 aliphatic rings. The zero-order chi connectivity index (χ0) is 24.2. The fourth-order valence-electron chi connectivity index (χ4n) is 3.19. The lowest BCUT2D eigenvalue weighted by atomic mass is 10.2. The SMILES string of the molecule is CC(C)(C)[Si](C)(C)Oc1ccc(OP(c2ccccc2)c2ccccc2)c(-c2ncccn2)c1. The van der Waals surface area contributed by atoms with Gasteiger partial charge >= 0.3 is 0 Å². The van der Waals surface area contributed by atoms with Gasteiger partial charge in [-0.05, 0) is 42.4 Å². The number of hydrogen-bond acceptors (Lipinski definition) is 4. The van der Waals surface area contributed by atoms with Crippen LogP contribution >= 0.6 is 8.15 Å². The zero-order valence-corrected chi connectivity index (χ0v) is 22.3. The summed E-state index contributed by atoms with van der Waals surface area (Å²) in [4.78, 5) is 9.04. The summed E-state index contributed by atoms with van der Waals surface area (Å²) in [6.45, 7) is 11.2. The third-order valence-electron chi connectivity index (χ3n) is 6.11. The summed E-state index contributed by atoms with van der Waals surface area (Å²) in [5, 5.41) is 2.39. The normalized spacial score (nSPS) is 11.9. The monoisotopic (exact) mass is 486 g/mol. The van der Waals surface area contributed by atoms with Crippen molar-refractivity contribution in [2.45, 2.75) is 38.9 Å². The first-order valence-corrected chi connectivity index (χ1v) is 15.6. The Morgan fingerprint density at radius 1 is 0.735 bits per heavy atom. The van der Waals surface area contributed by atoms with Crippen molar-refractivity contribution in [3.05, 3.63) is 97.3 Å². The van der Waals surface area contributed by atoms with Crippen molar-refractivity contribution in [1.29, 1.82) is 0 Å². The predicted molar refractivity (Wildman–Crippen MR) is 145 cm³/mol. The Morgan fingerprint density at radius 2 is 1.29 bits per heavy atom. The Labute approximate surface area is 205 Å². The third kappa shape index (κ3) is 5.55. The van der Waals surface area contributed by atoms with Crippen LogP contribution in [0.3, 0.4) is 0 Å². The molecule has 4 rings (SSSR count). The molecule has 0 N–H and O–H groups in total. The van der Waals surface area contributed by atoms with Crippen molar-refractivity contribution >= 4 is 27.1 Å². The number of rotatable bonds is 7. The minimum atomic E-state index is -2.00.